The van der Waals surface area contributed by atoms with Gasteiger partial charge in [0.25, 0.3) is 5.56 Å². The highest BCUT2D eigenvalue weighted by atomic mass is 16.5. The lowest BCUT2D eigenvalue weighted by atomic mass is 9.68. The maximum absolute atomic E-state index is 13.5. The summed E-state index contributed by atoms with van der Waals surface area (Å²) >= 11 is 0. The number of fused-ring (bicyclic) bond motifs is 2. The summed E-state index contributed by atoms with van der Waals surface area (Å²) in [4.78, 5) is 20.7. The molecule has 12 rings (SSSR count). The van der Waals surface area contributed by atoms with Gasteiger partial charge in [-0.25, -0.2) is 4.98 Å². The van der Waals surface area contributed by atoms with Gasteiger partial charge in [-0.15, -0.1) is 0 Å². The number of ether oxygens (including phenoxy) is 2. The van der Waals surface area contributed by atoms with Crippen LogP contribution in [0.4, 0.5) is 5.69 Å². The summed E-state index contributed by atoms with van der Waals surface area (Å²) < 4.78 is 15.0. The van der Waals surface area contributed by atoms with E-state index >= 15 is 0 Å². The largest absolute Gasteiger partial charge is 0.375 e. The van der Waals surface area contributed by atoms with Crippen molar-refractivity contribution in [3.63, 3.8) is 0 Å². The number of aromatic nitrogens is 2. The number of rotatable bonds is 0. The molecule has 2 fully saturated rings. The maximum Gasteiger partial charge on any atom is 0.261 e. The number of hydrogen-bond donors (Lipinski definition) is 0. The van der Waals surface area contributed by atoms with Gasteiger partial charge in [0.2, 0.25) is 0 Å². The predicted octanol–water partition coefficient (Wildman–Crippen LogP) is 7.76. The molecule has 8 aliphatic heterocycles. The molecule has 0 radical (unpaired) electrons. The van der Waals surface area contributed by atoms with Crippen molar-refractivity contribution in [2.75, 3.05) is 24.6 Å². The monoisotopic (exact) mass is 599 g/mol. The molecule has 0 amide bonds. The van der Waals surface area contributed by atoms with Crippen molar-refractivity contribution in [1.29, 1.82) is 0 Å². The van der Waals surface area contributed by atoms with E-state index in [4.69, 9.17) is 14.5 Å². The van der Waals surface area contributed by atoms with Gasteiger partial charge in [0.1, 0.15) is 0 Å². The van der Waals surface area contributed by atoms with Crippen molar-refractivity contribution in [2.45, 2.75) is 117 Å². The summed E-state index contributed by atoms with van der Waals surface area (Å²) in [7, 11) is 0. The van der Waals surface area contributed by atoms with Crippen LogP contribution in [-0.4, -0.2) is 46.6 Å². The minimum atomic E-state index is -0.481. The van der Waals surface area contributed by atoms with Gasteiger partial charge in [0.05, 0.1) is 47.7 Å². The van der Waals surface area contributed by atoms with Gasteiger partial charge in [-0.3, -0.25) is 9.36 Å². The first-order valence-electron chi connectivity index (χ1n) is 16.9. The first-order chi connectivity index (χ1) is 20.8. The highest BCUT2D eigenvalue weighted by molar-refractivity contribution is 5.81. The van der Waals surface area contributed by atoms with Gasteiger partial charge in [-0.2, -0.15) is 0 Å². The average molecular weight is 600 g/mol. The molecule has 1 unspecified atom stereocenters. The summed E-state index contributed by atoms with van der Waals surface area (Å²) in [5.74, 6) is 1.77. The second-order valence-corrected chi connectivity index (χ2v) is 16.2. The fourth-order valence-corrected chi connectivity index (χ4v) is 7.97. The fourth-order valence-electron chi connectivity index (χ4n) is 7.97. The van der Waals surface area contributed by atoms with Gasteiger partial charge in [0.15, 0.2) is 0 Å². The topological polar surface area (TPSA) is 56.6 Å². The van der Waals surface area contributed by atoms with Gasteiger partial charge in [0, 0.05) is 18.8 Å². The van der Waals surface area contributed by atoms with Crippen molar-refractivity contribution in [1.82, 2.24) is 9.55 Å². The summed E-state index contributed by atoms with van der Waals surface area (Å²) in [5, 5.41) is 0.669. The first-order valence-corrected chi connectivity index (χ1v) is 16.9. The van der Waals surface area contributed by atoms with E-state index in [9.17, 15) is 4.79 Å². The highest BCUT2D eigenvalue weighted by Crippen LogP contribution is 2.43. The van der Waals surface area contributed by atoms with E-state index in [0.29, 0.717) is 29.7 Å². The molecule has 2 aromatic carbocycles. The second-order valence-electron chi connectivity index (χ2n) is 16.2. The molecule has 1 saturated carbocycles. The van der Waals surface area contributed by atoms with Crippen LogP contribution in [0.15, 0.2) is 53.6 Å². The minimum Gasteiger partial charge on any atom is -0.375 e. The van der Waals surface area contributed by atoms with E-state index in [1.807, 2.05) is 6.07 Å². The number of nitrogens with zero attached hydrogens (tertiary/aromatic N) is 3. The minimum absolute atomic E-state index is 0.000455. The quantitative estimate of drug-likeness (QED) is 0.264. The Hall–Kier alpha value is -2.70. The third kappa shape index (κ3) is 7.07. The van der Waals surface area contributed by atoms with Crippen LogP contribution in [0.5, 0.6) is 0 Å². The molecule has 6 nitrogen and oxygen atoms in total. The molecule has 1 aromatic heterocycles. The first kappa shape index (κ1) is 31.3. The smallest absolute Gasteiger partial charge is 0.261 e. The van der Waals surface area contributed by atoms with Crippen molar-refractivity contribution >= 4 is 16.6 Å². The lowest BCUT2D eigenvalue weighted by Crippen LogP contribution is -2.44. The summed E-state index contributed by atoms with van der Waals surface area (Å²) in [6, 6.07) is 15.5. The fraction of sp³-hybridized carbons (Fsp3) is 0.632. The second kappa shape index (κ2) is 11.9. The number of hydrogen-bond acceptors (Lipinski definition) is 5. The van der Waals surface area contributed by atoms with Gasteiger partial charge in [-0.05, 0) is 126 Å². The van der Waals surface area contributed by atoms with Crippen LogP contribution in [0, 0.1) is 17.3 Å². The predicted molar refractivity (Wildman–Crippen MR) is 180 cm³/mol. The Morgan fingerprint density at radius 1 is 0.909 bits per heavy atom. The third-order valence-corrected chi connectivity index (χ3v) is 10.4. The molecule has 238 valence electrons. The van der Waals surface area contributed by atoms with Crippen LogP contribution < -0.4 is 10.5 Å². The number of anilines is 1. The molecule has 3 aromatic rings. The maximum atomic E-state index is 13.5. The van der Waals surface area contributed by atoms with E-state index in [2.05, 4.69) is 89.8 Å². The summed E-state index contributed by atoms with van der Waals surface area (Å²) in [6.45, 7) is 18.8. The molecular weight excluding hydrogens is 546 g/mol. The van der Waals surface area contributed by atoms with Gasteiger partial charge in [-0.1, -0.05) is 38.1 Å². The lowest BCUT2D eigenvalue weighted by molar-refractivity contribution is -0.127. The van der Waals surface area contributed by atoms with E-state index in [-0.39, 0.29) is 22.7 Å². The van der Waals surface area contributed by atoms with Crippen LogP contribution in [0.25, 0.3) is 10.9 Å². The Morgan fingerprint density at radius 3 is 2.32 bits per heavy atom. The van der Waals surface area contributed by atoms with Crippen LogP contribution in [0.3, 0.4) is 0 Å². The van der Waals surface area contributed by atoms with Crippen molar-refractivity contribution in [3.05, 3.63) is 70.3 Å². The molecule has 1 atom stereocenters. The zero-order valence-corrected chi connectivity index (χ0v) is 28.1. The van der Waals surface area contributed by atoms with Crippen LogP contribution >= 0.6 is 0 Å². The standard InChI is InChI=1S/C38H53N3O3/c1-26-31-18-28(19-31)22-37(4,5)43-24-36(2,3)21-27-8-10-29(11-9-27)30-14-16-40(17-15-30)32-12-13-33-34(20-32)39-25-41(35(33)42)23-38(6,7)44-26/h8-13,20,25-26,28,30-31H,14-19,21-24H2,1-7H3/t26?,28-,31+. The Morgan fingerprint density at radius 2 is 1.61 bits per heavy atom. The molecule has 9 aliphatic rings. The summed E-state index contributed by atoms with van der Waals surface area (Å²) in [6.07, 6.45) is 8.49. The molecule has 44 heavy (non-hydrogen) atoms. The van der Waals surface area contributed by atoms with Crippen molar-refractivity contribution in [2.24, 2.45) is 17.3 Å². The average Bonchev–Trinajstić information content (AvgIpc) is 2.95. The molecule has 6 heteroatoms. The van der Waals surface area contributed by atoms with Gasteiger partial charge >= 0.3 is 0 Å². The molecule has 0 spiro atoms. The lowest BCUT2D eigenvalue weighted by Gasteiger charge is -2.44. The Bertz CT molecular complexity index is 1510. The molecule has 10 bridgehead atoms. The molecular formula is C38H53N3O3. The zero-order chi connectivity index (χ0) is 31.3. The van der Waals surface area contributed by atoms with Crippen molar-refractivity contribution in [3.8, 4) is 0 Å². The third-order valence-electron chi connectivity index (χ3n) is 10.4. The van der Waals surface area contributed by atoms with Crippen LogP contribution in [-0.2, 0) is 22.4 Å². The van der Waals surface area contributed by atoms with E-state index in [0.717, 1.165) is 69.4 Å². The number of benzene rings is 2. The Kier molecular flexibility index (Phi) is 8.47. The normalized spacial score (nSPS) is 27.5. The highest BCUT2D eigenvalue weighted by Gasteiger charge is 2.39. The van der Waals surface area contributed by atoms with Crippen LogP contribution in [0.1, 0.15) is 97.6 Å². The number of piperidine rings is 1. The van der Waals surface area contributed by atoms with Crippen molar-refractivity contribution < 1.29 is 9.47 Å². The van der Waals surface area contributed by atoms with E-state index < -0.39 is 5.60 Å². The van der Waals surface area contributed by atoms with Gasteiger partial charge < -0.3 is 14.4 Å². The molecule has 9 heterocycles. The van der Waals surface area contributed by atoms with E-state index in [1.54, 1.807) is 10.9 Å². The zero-order valence-electron chi connectivity index (χ0n) is 28.1. The molecule has 1 aliphatic carbocycles. The van der Waals surface area contributed by atoms with E-state index in [1.165, 1.54) is 11.1 Å². The molecule has 1 saturated heterocycles. The molecule has 0 N–H and O–H groups in total. The SMILES string of the molecule is CC1OC(C)(C)Cn2cnc3cc(ccc3c2=O)N2CCC(CC2)c2ccc(cc2)CC(C)(C)COC(C)(C)C[C@H]2C[C@@H]1C2. The Labute approximate surface area is 264 Å². The summed E-state index contributed by atoms with van der Waals surface area (Å²) in [5.41, 5.74) is 4.19. The van der Waals surface area contributed by atoms with Crippen LogP contribution in [0.2, 0.25) is 0 Å². The Balaban J connectivity index is 1.24.